The van der Waals surface area contributed by atoms with Crippen LogP contribution in [0.15, 0.2) is 91.5 Å². The van der Waals surface area contributed by atoms with Gasteiger partial charge in [0.1, 0.15) is 0 Å². The molecule has 3 aromatic rings. The van der Waals surface area contributed by atoms with E-state index < -0.39 is 0 Å². The lowest BCUT2D eigenvalue weighted by molar-refractivity contribution is 0.643. The fraction of sp³-hybridized carbons (Fsp3) is 0.154. The van der Waals surface area contributed by atoms with E-state index in [9.17, 15) is 0 Å². The SMILES string of the molecule is C=CCC/C=C\CC1(c2ccccc2)c2cc(I)ccc2-c2ccc(I)cc21. The summed E-state index contributed by atoms with van der Waals surface area (Å²) in [6.45, 7) is 3.84. The number of fused-ring (bicyclic) bond motifs is 3. The number of hydrogen-bond acceptors (Lipinski definition) is 0. The molecule has 0 saturated heterocycles. The van der Waals surface area contributed by atoms with E-state index in [0.717, 1.165) is 19.3 Å². The number of rotatable bonds is 6. The smallest absolute Gasteiger partial charge is 0.0498 e. The number of allylic oxidation sites excluding steroid dienone is 3. The standard InChI is InChI=1S/C26H22I2/c1-2-3-4-5-9-16-26(19-10-7-6-8-11-19)24-17-20(27)12-14-22(24)23-15-13-21(28)18-25(23)26/h2,5-15,17-18H,1,3-4,16H2/b9-5-. The summed E-state index contributed by atoms with van der Waals surface area (Å²) in [7, 11) is 0. The van der Waals surface area contributed by atoms with Gasteiger partial charge in [0.15, 0.2) is 0 Å². The first kappa shape index (κ1) is 19.9. The van der Waals surface area contributed by atoms with Gasteiger partial charge in [0.05, 0.1) is 0 Å². The van der Waals surface area contributed by atoms with Gasteiger partial charge in [-0.1, -0.05) is 60.7 Å². The van der Waals surface area contributed by atoms with Crippen LogP contribution in [0.3, 0.4) is 0 Å². The van der Waals surface area contributed by atoms with E-state index in [0.29, 0.717) is 0 Å². The molecule has 1 aliphatic rings. The minimum absolute atomic E-state index is 0.140. The molecule has 0 N–H and O–H groups in total. The average Bonchev–Trinajstić information content (AvgIpc) is 2.98. The quantitative estimate of drug-likeness (QED) is 0.155. The van der Waals surface area contributed by atoms with Crippen molar-refractivity contribution in [1.29, 1.82) is 0 Å². The van der Waals surface area contributed by atoms with Gasteiger partial charge in [0.2, 0.25) is 0 Å². The molecule has 28 heavy (non-hydrogen) atoms. The van der Waals surface area contributed by atoms with E-state index in [-0.39, 0.29) is 5.41 Å². The number of halogens is 2. The molecule has 0 saturated carbocycles. The van der Waals surface area contributed by atoms with Gasteiger partial charge < -0.3 is 0 Å². The van der Waals surface area contributed by atoms with Crippen molar-refractivity contribution in [1.82, 2.24) is 0 Å². The Hall–Kier alpha value is -1.40. The highest BCUT2D eigenvalue weighted by Crippen LogP contribution is 2.55. The summed E-state index contributed by atoms with van der Waals surface area (Å²) < 4.78 is 2.57. The molecule has 140 valence electrons. The number of unbranched alkanes of at least 4 members (excludes halogenated alkanes) is 1. The van der Waals surface area contributed by atoms with Crippen LogP contribution in [0.25, 0.3) is 11.1 Å². The average molecular weight is 588 g/mol. The van der Waals surface area contributed by atoms with Crippen LogP contribution in [0, 0.1) is 7.14 Å². The second-order valence-corrected chi connectivity index (χ2v) is 9.68. The zero-order valence-corrected chi connectivity index (χ0v) is 20.0. The van der Waals surface area contributed by atoms with E-state index in [1.54, 1.807) is 0 Å². The molecule has 0 radical (unpaired) electrons. The molecule has 0 heterocycles. The minimum Gasteiger partial charge on any atom is -0.103 e. The molecule has 3 aromatic carbocycles. The summed E-state index contributed by atoms with van der Waals surface area (Å²) in [6.07, 6.45) is 9.71. The molecule has 0 spiro atoms. The van der Waals surface area contributed by atoms with Gasteiger partial charge in [-0.3, -0.25) is 0 Å². The Bertz CT molecular complexity index is 980. The van der Waals surface area contributed by atoms with Crippen LogP contribution in [0.2, 0.25) is 0 Å². The van der Waals surface area contributed by atoms with E-state index in [2.05, 4.69) is 131 Å². The van der Waals surface area contributed by atoms with E-state index in [1.165, 1.54) is 35.0 Å². The lowest BCUT2D eigenvalue weighted by Gasteiger charge is -2.32. The first-order valence-corrected chi connectivity index (χ1v) is 11.7. The molecule has 0 fully saturated rings. The predicted molar refractivity (Wildman–Crippen MR) is 137 cm³/mol. The predicted octanol–water partition coefficient (Wildman–Crippen LogP) is 8.12. The summed E-state index contributed by atoms with van der Waals surface area (Å²) >= 11 is 4.88. The van der Waals surface area contributed by atoms with Crippen molar-refractivity contribution in [2.45, 2.75) is 24.7 Å². The summed E-state index contributed by atoms with van der Waals surface area (Å²) in [5, 5.41) is 0. The molecule has 0 unspecified atom stereocenters. The largest absolute Gasteiger partial charge is 0.103 e. The molecule has 2 heteroatoms. The number of benzene rings is 3. The van der Waals surface area contributed by atoms with Crippen molar-refractivity contribution in [2.75, 3.05) is 0 Å². The van der Waals surface area contributed by atoms with Gasteiger partial charge in [-0.05, 0) is 117 Å². The van der Waals surface area contributed by atoms with Crippen molar-refractivity contribution in [3.63, 3.8) is 0 Å². The summed E-state index contributed by atoms with van der Waals surface area (Å²) in [4.78, 5) is 0. The fourth-order valence-electron chi connectivity index (χ4n) is 4.32. The van der Waals surface area contributed by atoms with E-state index in [1.807, 2.05) is 6.08 Å². The molecule has 0 atom stereocenters. The third-order valence-electron chi connectivity index (χ3n) is 5.57. The van der Waals surface area contributed by atoms with E-state index in [4.69, 9.17) is 0 Å². The van der Waals surface area contributed by atoms with Crippen molar-refractivity contribution < 1.29 is 0 Å². The third kappa shape index (κ3) is 3.50. The van der Waals surface area contributed by atoms with Crippen LogP contribution in [0.5, 0.6) is 0 Å². The Morgan fingerprint density at radius 2 is 1.36 bits per heavy atom. The molecular weight excluding hydrogens is 566 g/mol. The monoisotopic (exact) mass is 588 g/mol. The van der Waals surface area contributed by atoms with Crippen LogP contribution in [-0.2, 0) is 5.41 Å². The van der Waals surface area contributed by atoms with Gasteiger partial charge in [-0.15, -0.1) is 6.58 Å². The van der Waals surface area contributed by atoms with Crippen molar-refractivity contribution in [3.8, 4) is 11.1 Å². The van der Waals surface area contributed by atoms with Crippen molar-refractivity contribution in [2.24, 2.45) is 0 Å². The lowest BCUT2D eigenvalue weighted by Crippen LogP contribution is -2.26. The van der Waals surface area contributed by atoms with Gasteiger partial charge in [0.25, 0.3) is 0 Å². The van der Waals surface area contributed by atoms with Crippen molar-refractivity contribution >= 4 is 45.2 Å². The minimum atomic E-state index is -0.140. The zero-order chi connectivity index (χ0) is 19.6. The first-order chi connectivity index (χ1) is 13.7. The molecule has 0 aromatic heterocycles. The van der Waals surface area contributed by atoms with Crippen LogP contribution in [0.1, 0.15) is 36.0 Å². The maximum atomic E-state index is 3.84. The van der Waals surface area contributed by atoms with Crippen LogP contribution in [0.4, 0.5) is 0 Å². The lowest BCUT2D eigenvalue weighted by atomic mass is 9.70. The maximum Gasteiger partial charge on any atom is 0.0498 e. The number of hydrogen-bond donors (Lipinski definition) is 0. The van der Waals surface area contributed by atoms with Gasteiger partial charge in [-0.25, -0.2) is 0 Å². The normalized spacial score (nSPS) is 14.1. The molecule has 0 amide bonds. The highest BCUT2D eigenvalue weighted by Gasteiger charge is 2.43. The Morgan fingerprint density at radius 3 is 1.93 bits per heavy atom. The Labute approximate surface area is 195 Å². The summed E-state index contributed by atoms with van der Waals surface area (Å²) in [5.74, 6) is 0. The topological polar surface area (TPSA) is 0 Å². The second kappa shape index (κ2) is 8.54. The first-order valence-electron chi connectivity index (χ1n) is 9.58. The van der Waals surface area contributed by atoms with Crippen molar-refractivity contribution in [3.05, 3.63) is 115 Å². The van der Waals surface area contributed by atoms with E-state index >= 15 is 0 Å². The Kier molecular flexibility index (Phi) is 6.07. The van der Waals surface area contributed by atoms with Crippen LogP contribution < -0.4 is 0 Å². The fourth-order valence-corrected chi connectivity index (χ4v) is 5.30. The van der Waals surface area contributed by atoms with Gasteiger partial charge in [0, 0.05) is 12.6 Å². The second-order valence-electron chi connectivity index (χ2n) is 7.19. The maximum absolute atomic E-state index is 3.84. The van der Waals surface area contributed by atoms with Gasteiger partial charge >= 0.3 is 0 Å². The molecular formula is C26H22I2. The Balaban J connectivity index is 1.96. The van der Waals surface area contributed by atoms with Crippen LogP contribution in [-0.4, -0.2) is 0 Å². The molecule has 1 aliphatic carbocycles. The highest BCUT2D eigenvalue weighted by atomic mass is 127. The highest BCUT2D eigenvalue weighted by molar-refractivity contribution is 14.1. The Morgan fingerprint density at radius 1 is 0.750 bits per heavy atom. The summed E-state index contributed by atoms with van der Waals surface area (Å²) in [6, 6.07) is 24.8. The molecule has 0 aliphatic heterocycles. The summed E-state index contributed by atoms with van der Waals surface area (Å²) in [5.41, 5.74) is 6.82. The third-order valence-corrected chi connectivity index (χ3v) is 6.91. The molecule has 0 bridgehead atoms. The van der Waals surface area contributed by atoms with Gasteiger partial charge in [-0.2, -0.15) is 0 Å². The zero-order valence-electron chi connectivity index (χ0n) is 15.7. The molecule has 4 rings (SSSR count). The van der Waals surface area contributed by atoms with Crippen LogP contribution >= 0.6 is 45.2 Å². The molecule has 0 nitrogen and oxygen atoms in total.